The maximum atomic E-state index is 11.8. The van der Waals surface area contributed by atoms with E-state index in [0.29, 0.717) is 22.0 Å². The molecule has 0 radical (unpaired) electrons. The van der Waals surface area contributed by atoms with E-state index in [2.05, 4.69) is 5.32 Å². The van der Waals surface area contributed by atoms with Crippen molar-refractivity contribution in [2.24, 2.45) is 0 Å². The second kappa shape index (κ2) is 9.01. The summed E-state index contributed by atoms with van der Waals surface area (Å²) in [6, 6.07) is 11.4. The Morgan fingerprint density at radius 3 is 2.35 bits per heavy atom. The summed E-state index contributed by atoms with van der Waals surface area (Å²) in [5.41, 5.74) is 1.84. The minimum absolute atomic E-state index is 0.0623. The zero-order chi connectivity index (χ0) is 19.1. The Hall–Kier alpha value is -2.86. The van der Waals surface area contributed by atoms with Crippen LogP contribution in [0.15, 0.2) is 42.5 Å². The minimum atomic E-state index is -0.665. The number of carbonyl (C=O) groups excluding carboxylic acids is 3. The van der Waals surface area contributed by atoms with Crippen LogP contribution in [-0.4, -0.2) is 30.9 Å². The van der Waals surface area contributed by atoms with E-state index in [4.69, 9.17) is 21.1 Å². The molecule has 0 unspecified atom stereocenters. The van der Waals surface area contributed by atoms with Crippen LogP contribution in [0.25, 0.3) is 0 Å². The first kappa shape index (κ1) is 19.5. The Morgan fingerprint density at radius 2 is 1.73 bits per heavy atom. The van der Waals surface area contributed by atoms with Crippen molar-refractivity contribution >= 4 is 34.9 Å². The van der Waals surface area contributed by atoms with Gasteiger partial charge in [-0.15, -0.1) is 0 Å². The summed E-state index contributed by atoms with van der Waals surface area (Å²) in [6.07, 6.45) is 0. The summed E-state index contributed by atoms with van der Waals surface area (Å²) < 4.78 is 10.2. The second-order valence-electron chi connectivity index (χ2n) is 5.54. The molecule has 0 fully saturated rings. The number of hydrogen-bond donors (Lipinski definition) is 1. The zero-order valence-electron chi connectivity index (χ0n) is 14.4. The molecular weight excluding hydrogens is 358 g/mol. The molecule has 0 saturated carbocycles. The van der Waals surface area contributed by atoms with Crippen molar-refractivity contribution in [1.29, 1.82) is 0 Å². The molecule has 2 aromatic carbocycles. The number of Topliss-reactive ketones (excluding diaryl/α,β-unsaturated/α-hetero) is 1. The van der Waals surface area contributed by atoms with Crippen LogP contribution < -0.4 is 10.1 Å². The number of rotatable bonds is 7. The molecule has 136 valence electrons. The number of esters is 1. The number of anilines is 1. The van der Waals surface area contributed by atoms with Crippen LogP contribution in [0.5, 0.6) is 5.75 Å². The number of aryl methyl sites for hydroxylation is 1. The summed E-state index contributed by atoms with van der Waals surface area (Å²) >= 11 is 5.85. The first-order valence-electron chi connectivity index (χ1n) is 7.80. The van der Waals surface area contributed by atoms with Crippen LogP contribution in [0.3, 0.4) is 0 Å². The van der Waals surface area contributed by atoms with E-state index in [1.807, 2.05) is 0 Å². The van der Waals surface area contributed by atoms with E-state index < -0.39 is 18.5 Å². The van der Waals surface area contributed by atoms with Crippen LogP contribution in [0.2, 0.25) is 5.02 Å². The van der Waals surface area contributed by atoms with Gasteiger partial charge in [0.25, 0.3) is 5.91 Å². The van der Waals surface area contributed by atoms with Gasteiger partial charge < -0.3 is 14.8 Å². The van der Waals surface area contributed by atoms with Crippen molar-refractivity contribution < 1.29 is 23.9 Å². The summed E-state index contributed by atoms with van der Waals surface area (Å²) in [7, 11) is 0. The van der Waals surface area contributed by atoms with E-state index in [1.54, 1.807) is 49.4 Å². The van der Waals surface area contributed by atoms with Crippen molar-refractivity contribution in [2.75, 3.05) is 18.5 Å². The van der Waals surface area contributed by atoms with Crippen molar-refractivity contribution in [2.45, 2.75) is 13.8 Å². The third-order valence-corrected chi connectivity index (χ3v) is 3.66. The van der Waals surface area contributed by atoms with Gasteiger partial charge in [-0.2, -0.15) is 0 Å². The highest BCUT2D eigenvalue weighted by molar-refractivity contribution is 6.30. The fourth-order valence-corrected chi connectivity index (χ4v) is 2.31. The lowest BCUT2D eigenvalue weighted by Gasteiger charge is -2.10. The number of nitrogens with one attached hydrogen (secondary N) is 1. The van der Waals surface area contributed by atoms with E-state index >= 15 is 0 Å². The Balaban J connectivity index is 1.76. The van der Waals surface area contributed by atoms with Crippen LogP contribution in [0, 0.1) is 6.92 Å². The molecule has 26 heavy (non-hydrogen) atoms. The largest absolute Gasteiger partial charge is 0.482 e. The van der Waals surface area contributed by atoms with Gasteiger partial charge in [-0.1, -0.05) is 11.6 Å². The molecule has 0 saturated heterocycles. The molecular formula is C19H18ClNO5. The lowest BCUT2D eigenvalue weighted by molar-refractivity contribution is -0.149. The minimum Gasteiger partial charge on any atom is -0.482 e. The van der Waals surface area contributed by atoms with Gasteiger partial charge in [0.05, 0.1) is 0 Å². The molecule has 0 aliphatic rings. The Morgan fingerprint density at radius 1 is 1.04 bits per heavy atom. The lowest BCUT2D eigenvalue weighted by Crippen LogP contribution is -2.23. The number of amides is 1. The van der Waals surface area contributed by atoms with Gasteiger partial charge in [-0.25, -0.2) is 4.79 Å². The number of carbonyl (C=O) groups is 3. The van der Waals surface area contributed by atoms with Crippen LogP contribution in [0.4, 0.5) is 5.69 Å². The highest BCUT2D eigenvalue weighted by atomic mass is 35.5. The molecule has 2 aromatic rings. The van der Waals surface area contributed by atoms with E-state index in [-0.39, 0.29) is 12.4 Å². The fourth-order valence-electron chi connectivity index (χ4n) is 2.08. The predicted molar refractivity (Wildman–Crippen MR) is 97.7 cm³/mol. The van der Waals surface area contributed by atoms with Gasteiger partial charge >= 0.3 is 5.97 Å². The Labute approximate surface area is 156 Å². The summed E-state index contributed by atoms with van der Waals surface area (Å²) in [4.78, 5) is 34.7. The number of halogens is 1. The monoisotopic (exact) mass is 375 g/mol. The Kier molecular flexibility index (Phi) is 6.74. The average molecular weight is 376 g/mol. The third kappa shape index (κ3) is 5.89. The highest BCUT2D eigenvalue weighted by Gasteiger charge is 2.10. The fraction of sp³-hybridized carbons (Fsp3) is 0.211. The molecule has 0 aromatic heterocycles. The summed E-state index contributed by atoms with van der Waals surface area (Å²) in [5.74, 6) is -0.702. The maximum Gasteiger partial charge on any atom is 0.344 e. The van der Waals surface area contributed by atoms with Crippen LogP contribution >= 0.6 is 11.6 Å². The topological polar surface area (TPSA) is 81.7 Å². The molecule has 0 atom stereocenters. The average Bonchev–Trinajstić information content (AvgIpc) is 2.59. The molecule has 0 spiro atoms. The van der Waals surface area contributed by atoms with Gasteiger partial charge in [0.1, 0.15) is 5.75 Å². The van der Waals surface area contributed by atoms with E-state index in [9.17, 15) is 14.4 Å². The first-order chi connectivity index (χ1) is 12.3. The first-order valence-corrected chi connectivity index (χ1v) is 8.18. The second-order valence-corrected chi connectivity index (χ2v) is 5.98. The van der Waals surface area contributed by atoms with Gasteiger partial charge in [-0.05, 0) is 61.9 Å². The molecule has 2 rings (SSSR count). The number of ketones is 1. The summed E-state index contributed by atoms with van der Waals surface area (Å²) in [6.45, 7) is 2.51. The molecule has 1 amide bonds. The standard InChI is InChI=1S/C19H18ClNO5/c1-12-9-15(20)5-8-17(12)25-11-19(24)26-10-18(23)21-16-6-3-14(4-7-16)13(2)22/h3-9H,10-11H2,1-2H3,(H,21,23). The van der Waals surface area contributed by atoms with Crippen LogP contribution in [0.1, 0.15) is 22.8 Å². The van der Waals surface area contributed by atoms with Crippen molar-refractivity contribution in [1.82, 2.24) is 0 Å². The smallest absolute Gasteiger partial charge is 0.344 e. The molecule has 7 heteroatoms. The molecule has 6 nitrogen and oxygen atoms in total. The maximum absolute atomic E-state index is 11.8. The molecule has 0 heterocycles. The lowest BCUT2D eigenvalue weighted by atomic mass is 10.1. The molecule has 1 N–H and O–H groups in total. The van der Waals surface area contributed by atoms with E-state index in [0.717, 1.165) is 5.56 Å². The number of benzene rings is 2. The molecule has 0 aliphatic carbocycles. The van der Waals surface area contributed by atoms with Gasteiger partial charge in [0, 0.05) is 16.3 Å². The van der Waals surface area contributed by atoms with Crippen molar-refractivity contribution in [3.63, 3.8) is 0 Å². The highest BCUT2D eigenvalue weighted by Crippen LogP contribution is 2.21. The van der Waals surface area contributed by atoms with Gasteiger partial charge in [0.15, 0.2) is 19.0 Å². The van der Waals surface area contributed by atoms with E-state index in [1.165, 1.54) is 6.92 Å². The Bertz CT molecular complexity index is 817. The van der Waals surface area contributed by atoms with Gasteiger partial charge in [-0.3, -0.25) is 9.59 Å². The molecule has 0 aliphatic heterocycles. The quantitative estimate of drug-likeness (QED) is 0.592. The SMILES string of the molecule is CC(=O)c1ccc(NC(=O)COC(=O)COc2ccc(Cl)cc2C)cc1. The normalized spacial score (nSPS) is 10.1. The zero-order valence-corrected chi connectivity index (χ0v) is 15.1. The number of hydrogen-bond acceptors (Lipinski definition) is 5. The third-order valence-electron chi connectivity index (χ3n) is 3.42. The van der Waals surface area contributed by atoms with Crippen LogP contribution in [-0.2, 0) is 14.3 Å². The molecule has 0 bridgehead atoms. The van der Waals surface area contributed by atoms with Gasteiger partial charge in [0.2, 0.25) is 0 Å². The van der Waals surface area contributed by atoms with Crippen molar-refractivity contribution in [3.8, 4) is 5.75 Å². The predicted octanol–water partition coefficient (Wildman–Crippen LogP) is 3.41. The number of ether oxygens (including phenoxy) is 2. The summed E-state index contributed by atoms with van der Waals surface area (Å²) in [5, 5.41) is 3.14. The van der Waals surface area contributed by atoms with Crippen molar-refractivity contribution in [3.05, 3.63) is 58.6 Å².